The predicted octanol–water partition coefficient (Wildman–Crippen LogP) is 3.55. The first-order valence-corrected chi connectivity index (χ1v) is 13.7. The smallest absolute Gasteiger partial charge is 0.337 e. The normalized spacial score (nSPS) is 17.9. The van der Waals surface area contributed by atoms with Crippen molar-refractivity contribution in [3.8, 4) is 11.5 Å². The molecule has 40 heavy (non-hydrogen) atoms. The van der Waals surface area contributed by atoms with Crippen LogP contribution in [0.5, 0.6) is 11.5 Å². The fraction of sp³-hybridized carbons (Fsp3) is 0.448. The van der Waals surface area contributed by atoms with E-state index in [9.17, 15) is 9.59 Å². The molecular formula is C29H36N6O5. The summed E-state index contributed by atoms with van der Waals surface area (Å²) in [5.74, 6) is 2.21. The summed E-state index contributed by atoms with van der Waals surface area (Å²) < 4.78 is 16.9. The maximum absolute atomic E-state index is 12.9. The number of nitrogens with one attached hydrogen (secondary N) is 2. The molecular weight excluding hydrogens is 512 g/mol. The van der Waals surface area contributed by atoms with Gasteiger partial charge in [-0.05, 0) is 49.7 Å². The molecule has 2 amide bonds. The van der Waals surface area contributed by atoms with Gasteiger partial charge in [0.1, 0.15) is 18.2 Å². The molecule has 2 unspecified atom stereocenters. The molecule has 0 aliphatic carbocycles. The van der Waals surface area contributed by atoms with Gasteiger partial charge in [-0.1, -0.05) is 6.92 Å². The van der Waals surface area contributed by atoms with Crippen LogP contribution in [-0.4, -0.2) is 86.5 Å². The number of carbonyl (C=O) groups excluding carboxylic acids is 2. The summed E-state index contributed by atoms with van der Waals surface area (Å²) in [6.45, 7) is 6.44. The van der Waals surface area contributed by atoms with Gasteiger partial charge in [-0.25, -0.2) is 19.6 Å². The quantitative estimate of drug-likeness (QED) is 0.408. The molecule has 2 aliphatic rings. The van der Waals surface area contributed by atoms with Crippen molar-refractivity contribution in [2.45, 2.75) is 25.9 Å². The highest BCUT2D eigenvalue weighted by molar-refractivity contribution is 5.93. The number of amides is 2. The largest absolute Gasteiger partial charge is 0.493 e. The summed E-state index contributed by atoms with van der Waals surface area (Å²) in [6.07, 6.45) is 3.70. The molecule has 11 heteroatoms. The van der Waals surface area contributed by atoms with Gasteiger partial charge < -0.3 is 34.6 Å². The van der Waals surface area contributed by atoms with Crippen molar-refractivity contribution in [3.63, 3.8) is 0 Å². The number of carbonyl (C=O) groups is 2. The van der Waals surface area contributed by atoms with Crippen LogP contribution in [0.15, 0.2) is 42.7 Å². The molecule has 2 aromatic carbocycles. The Balaban J connectivity index is 1.26. The highest BCUT2D eigenvalue weighted by atomic mass is 16.5. The van der Waals surface area contributed by atoms with Gasteiger partial charge in [0.25, 0.3) is 0 Å². The summed E-state index contributed by atoms with van der Waals surface area (Å²) >= 11 is 0. The predicted molar refractivity (Wildman–Crippen MR) is 152 cm³/mol. The van der Waals surface area contributed by atoms with E-state index in [2.05, 4.69) is 32.4 Å². The number of fused-ring (bicyclic) bond motifs is 1. The first-order valence-electron chi connectivity index (χ1n) is 13.7. The number of aromatic nitrogens is 2. The Morgan fingerprint density at radius 1 is 1.07 bits per heavy atom. The molecule has 0 radical (unpaired) electrons. The molecule has 2 saturated heterocycles. The Morgan fingerprint density at radius 2 is 1.85 bits per heavy atom. The third-order valence-electron chi connectivity index (χ3n) is 7.63. The van der Waals surface area contributed by atoms with E-state index in [4.69, 9.17) is 14.2 Å². The van der Waals surface area contributed by atoms with Gasteiger partial charge >= 0.3 is 12.0 Å². The molecule has 0 saturated carbocycles. The van der Waals surface area contributed by atoms with Gasteiger partial charge in [0.2, 0.25) is 0 Å². The molecule has 212 valence electrons. The molecule has 11 nitrogen and oxygen atoms in total. The lowest BCUT2D eigenvalue weighted by Gasteiger charge is -2.35. The second kappa shape index (κ2) is 12.4. The number of ether oxygens (including phenoxy) is 3. The van der Waals surface area contributed by atoms with Gasteiger partial charge in [-0.2, -0.15) is 0 Å². The lowest BCUT2D eigenvalue weighted by molar-refractivity contribution is 0.0600. The summed E-state index contributed by atoms with van der Waals surface area (Å²) in [4.78, 5) is 37.6. The lowest BCUT2D eigenvalue weighted by Crippen LogP contribution is -2.50. The van der Waals surface area contributed by atoms with Crippen molar-refractivity contribution in [3.05, 3.63) is 48.3 Å². The summed E-state index contributed by atoms with van der Waals surface area (Å²) in [7, 11) is 2.98. The number of benzene rings is 2. The van der Waals surface area contributed by atoms with Crippen LogP contribution in [0, 0.1) is 5.92 Å². The average Bonchev–Trinajstić information content (AvgIpc) is 3.54. The number of anilines is 2. The van der Waals surface area contributed by atoms with E-state index in [1.807, 2.05) is 12.1 Å². The molecule has 5 rings (SSSR count). The highest BCUT2D eigenvalue weighted by Gasteiger charge is 2.27. The average molecular weight is 549 g/mol. The number of rotatable bonds is 8. The molecule has 3 heterocycles. The fourth-order valence-electron chi connectivity index (χ4n) is 5.36. The van der Waals surface area contributed by atoms with Crippen molar-refractivity contribution in [1.82, 2.24) is 20.2 Å². The van der Waals surface area contributed by atoms with Crippen LogP contribution in [-0.2, 0) is 4.74 Å². The van der Waals surface area contributed by atoms with E-state index in [0.717, 1.165) is 42.7 Å². The number of esters is 1. The zero-order chi connectivity index (χ0) is 28.1. The van der Waals surface area contributed by atoms with Crippen LogP contribution in [0.4, 0.5) is 16.3 Å². The van der Waals surface area contributed by atoms with Crippen molar-refractivity contribution in [2.75, 3.05) is 63.7 Å². The van der Waals surface area contributed by atoms with E-state index in [1.165, 1.54) is 7.11 Å². The Hall–Kier alpha value is -4.12. The third-order valence-corrected chi connectivity index (χ3v) is 7.63. The Bertz CT molecular complexity index is 1340. The highest BCUT2D eigenvalue weighted by Crippen LogP contribution is 2.37. The van der Waals surface area contributed by atoms with Gasteiger partial charge in [0.05, 0.1) is 25.3 Å². The van der Waals surface area contributed by atoms with Crippen LogP contribution in [0.2, 0.25) is 0 Å². The topological polar surface area (TPSA) is 118 Å². The molecule has 2 N–H and O–H groups in total. The summed E-state index contributed by atoms with van der Waals surface area (Å²) in [5, 5.41) is 7.20. The Kier molecular flexibility index (Phi) is 8.49. The van der Waals surface area contributed by atoms with Gasteiger partial charge in [0.15, 0.2) is 11.5 Å². The maximum Gasteiger partial charge on any atom is 0.337 e. The van der Waals surface area contributed by atoms with E-state index in [1.54, 1.807) is 42.6 Å². The minimum Gasteiger partial charge on any atom is -0.493 e. The van der Waals surface area contributed by atoms with Crippen LogP contribution in [0.1, 0.15) is 30.1 Å². The molecule has 1 aromatic heterocycles. The van der Waals surface area contributed by atoms with E-state index < -0.39 is 5.97 Å². The zero-order valence-electron chi connectivity index (χ0n) is 23.2. The molecule has 0 spiro atoms. The van der Waals surface area contributed by atoms with Gasteiger partial charge in [-0.3, -0.25) is 0 Å². The first-order chi connectivity index (χ1) is 19.5. The van der Waals surface area contributed by atoms with Crippen LogP contribution < -0.4 is 25.0 Å². The standard InChI is InChI=1S/C29H36N6O5/c1-4-24(20-9-10-30-17-20)40-26-16-23-22(15-25(26)38-2)27(32-18-31-23)34-11-13-35(14-12-34)29(37)33-21-7-5-19(6-8-21)28(36)39-3/h5-8,15-16,18,20,24,30H,4,9-14,17H2,1-3H3,(H,33,37). The van der Waals surface area contributed by atoms with Crippen molar-refractivity contribution in [1.29, 1.82) is 0 Å². The number of urea groups is 1. The molecule has 2 fully saturated rings. The fourth-order valence-corrected chi connectivity index (χ4v) is 5.36. The Labute approximate surface area is 233 Å². The number of nitrogens with zero attached hydrogens (tertiary/aromatic N) is 4. The van der Waals surface area contributed by atoms with E-state index in [0.29, 0.717) is 54.8 Å². The number of methoxy groups -OCH3 is 2. The molecule has 3 aromatic rings. The van der Waals surface area contributed by atoms with Crippen molar-refractivity contribution in [2.24, 2.45) is 5.92 Å². The minimum absolute atomic E-state index is 0.104. The minimum atomic E-state index is -0.417. The van der Waals surface area contributed by atoms with Crippen molar-refractivity contribution >= 4 is 34.4 Å². The van der Waals surface area contributed by atoms with Gasteiger partial charge in [0, 0.05) is 55.8 Å². The third kappa shape index (κ3) is 5.89. The molecule has 2 aliphatic heterocycles. The summed E-state index contributed by atoms with van der Waals surface area (Å²) in [5.41, 5.74) is 1.83. The maximum atomic E-state index is 12.9. The van der Waals surface area contributed by atoms with Crippen LogP contribution in [0.3, 0.4) is 0 Å². The van der Waals surface area contributed by atoms with Gasteiger partial charge in [-0.15, -0.1) is 0 Å². The van der Waals surface area contributed by atoms with Crippen molar-refractivity contribution < 1.29 is 23.8 Å². The number of hydrogen-bond acceptors (Lipinski definition) is 9. The lowest BCUT2D eigenvalue weighted by atomic mass is 9.99. The first kappa shape index (κ1) is 27.4. The van der Waals surface area contributed by atoms with Crippen LogP contribution >= 0.6 is 0 Å². The van der Waals surface area contributed by atoms with Crippen LogP contribution in [0.25, 0.3) is 10.9 Å². The van der Waals surface area contributed by atoms with E-state index in [-0.39, 0.29) is 12.1 Å². The molecule has 0 bridgehead atoms. The number of piperazine rings is 1. The zero-order valence-corrected chi connectivity index (χ0v) is 23.2. The second-order valence-electron chi connectivity index (χ2n) is 10.0. The molecule has 2 atom stereocenters. The Morgan fingerprint density at radius 3 is 2.50 bits per heavy atom. The monoisotopic (exact) mass is 548 g/mol. The number of hydrogen-bond donors (Lipinski definition) is 2. The second-order valence-corrected chi connectivity index (χ2v) is 10.0. The van der Waals surface area contributed by atoms with E-state index >= 15 is 0 Å². The summed E-state index contributed by atoms with van der Waals surface area (Å²) in [6, 6.07) is 10.3. The SMILES string of the molecule is CCC(Oc1cc2ncnc(N3CCN(C(=O)Nc4ccc(C(=O)OC)cc4)CC3)c2cc1OC)C1CCNC1.